The highest BCUT2D eigenvalue weighted by atomic mass is 19.1. The Kier molecular flexibility index (Phi) is 8.59. The number of alkyl halides is 1. The first-order valence-corrected chi connectivity index (χ1v) is 11.5. The number of nitrogens with zero attached hydrogens (tertiary/aromatic N) is 1. The van der Waals surface area contributed by atoms with Crippen molar-refractivity contribution in [1.82, 2.24) is 0 Å². The van der Waals surface area contributed by atoms with Crippen molar-refractivity contribution >= 4 is 0 Å². The molecule has 152 valence electrons. The topological polar surface area (TPSA) is 23.8 Å². The molecule has 0 spiro atoms. The fourth-order valence-corrected chi connectivity index (χ4v) is 5.46. The minimum Gasteiger partial charge on any atom is -0.251 e. The van der Waals surface area contributed by atoms with Gasteiger partial charge < -0.3 is 0 Å². The van der Waals surface area contributed by atoms with Crippen molar-refractivity contribution in [3.05, 3.63) is 47.5 Å². The molecule has 0 radical (unpaired) electrons. The van der Waals surface area contributed by atoms with Crippen LogP contribution in [0.5, 0.6) is 0 Å². The van der Waals surface area contributed by atoms with Crippen molar-refractivity contribution in [3.8, 4) is 6.07 Å². The van der Waals surface area contributed by atoms with E-state index >= 15 is 0 Å². The molecule has 0 unspecified atom stereocenters. The van der Waals surface area contributed by atoms with Gasteiger partial charge in [0.1, 0.15) is 0 Å². The summed E-state index contributed by atoms with van der Waals surface area (Å²) in [5.74, 6) is 3.51. The molecule has 2 saturated carbocycles. The highest BCUT2D eigenvalue weighted by Gasteiger charge is 2.31. The van der Waals surface area contributed by atoms with E-state index in [0.29, 0.717) is 12.3 Å². The van der Waals surface area contributed by atoms with Gasteiger partial charge in [-0.15, -0.1) is 0 Å². The van der Waals surface area contributed by atoms with Gasteiger partial charge in [-0.1, -0.05) is 37.1 Å². The third-order valence-corrected chi connectivity index (χ3v) is 7.25. The number of rotatable bonds is 8. The summed E-state index contributed by atoms with van der Waals surface area (Å²) in [6, 6.07) is 10.5. The van der Waals surface area contributed by atoms with Crippen LogP contribution in [0.1, 0.15) is 94.1 Å². The Labute approximate surface area is 171 Å². The Hall–Kier alpha value is -1.62. The molecule has 0 N–H and O–H groups in total. The Morgan fingerprint density at radius 1 is 0.857 bits per heavy atom. The zero-order valence-electron chi connectivity index (χ0n) is 17.3. The molecule has 2 fully saturated rings. The minimum absolute atomic E-state index is 0.191. The van der Waals surface area contributed by atoms with Crippen LogP contribution in [-0.4, -0.2) is 6.67 Å². The summed E-state index contributed by atoms with van der Waals surface area (Å²) in [5, 5.41) is 8.96. The number of hydrogen-bond donors (Lipinski definition) is 0. The van der Waals surface area contributed by atoms with Gasteiger partial charge in [0.25, 0.3) is 0 Å². The van der Waals surface area contributed by atoms with Crippen LogP contribution in [0.4, 0.5) is 4.39 Å². The number of benzene rings is 1. The molecule has 2 aliphatic carbocycles. The summed E-state index contributed by atoms with van der Waals surface area (Å²) in [4.78, 5) is 0. The van der Waals surface area contributed by atoms with Gasteiger partial charge in [-0.05, 0) is 106 Å². The maximum absolute atomic E-state index is 12.1. The number of unbranched alkanes of at least 4 members (excludes halogenated alkanes) is 1. The highest BCUT2D eigenvalue weighted by Crippen LogP contribution is 2.44. The van der Waals surface area contributed by atoms with E-state index in [9.17, 15) is 4.39 Å². The second-order valence-electron chi connectivity index (χ2n) is 9.01. The molecule has 2 aliphatic rings. The second kappa shape index (κ2) is 11.4. The molecule has 0 bridgehead atoms. The van der Waals surface area contributed by atoms with E-state index in [1.165, 1.54) is 69.8 Å². The molecule has 0 saturated heterocycles. The largest absolute Gasteiger partial charge is 0.251 e. The van der Waals surface area contributed by atoms with Crippen molar-refractivity contribution in [2.75, 3.05) is 6.67 Å². The lowest BCUT2D eigenvalue weighted by molar-refractivity contribution is 0.157. The van der Waals surface area contributed by atoms with E-state index in [1.54, 1.807) is 0 Å². The van der Waals surface area contributed by atoms with Crippen LogP contribution < -0.4 is 0 Å². The summed E-state index contributed by atoms with van der Waals surface area (Å²) in [6.07, 6.45) is 19.6. The lowest BCUT2D eigenvalue weighted by Gasteiger charge is -2.38. The second-order valence-corrected chi connectivity index (χ2v) is 9.01. The van der Waals surface area contributed by atoms with E-state index in [2.05, 4.69) is 30.4 Å². The zero-order chi connectivity index (χ0) is 19.6. The predicted octanol–water partition coefficient (Wildman–Crippen LogP) is 7.72. The molecule has 1 nitrogen and oxygen atoms in total. The van der Waals surface area contributed by atoms with E-state index in [4.69, 9.17) is 5.26 Å². The maximum Gasteiger partial charge on any atom is 0.0991 e. The standard InChI is InChI=1S/C26H36FN/c27-19-5-3-1-2-4-6-21-7-11-23(12-8-21)25-15-17-26(18-16-25)24-13-9-22(20-28)10-14-24/h1-2,9-10,13-14,21,23,25-26H,3-8,11-12,15-19H2/t21-,23-,25-,26-. The minimum atomic E-state index is -0.191. The van der Waals surface area contributed by atoms with Crippen molar-refractivity contribution in [3.63, 3.8) is 0 Å². The predicted molar refractivity (Wildman–Crippen MR) is 115 cm³/mol. The zero-order valence-corrected chi connectivity index (χ0v) is 17.3. The molecule has 3 rings (SSSR count). The van der Waals surface area contributed by atoms with Gasteiger partial charge in [-0.2, -0.15) is 5.26 Å². The van der Waals surface area contributed by atoms with Gasteiger partial charge in [0.2, 0.25) is 0 Å². The first-order chi connectivity index (χ1) is 13.8. The third-order valence-electron chi connectivity index (χ3n) is 7.25. The SMILES string of the molecule is N#Cc1ccc([C@H]2CC[C@H]([C@H]3CC[C@H](CCC=CCCCF)CC3)CC2)cc1. The fourth-order valence-electron chi connectivity index (χ4n) is 5.46. The van der Waals surface area contributed by atoms with Crippen LogP contribution in [0.25, 0.3) is 0 Å². The normalized spacial score (nSPS) is 28.3. The van der Waals surface area contributed by atoms with Gasteiger partial charge in [-0.3, -0.25) is 4.39 Å². The Morgan fingerprint density at radius 3 is 2.07 bits per heavy atom. The van der Waals surface area contributed by atoms with Crippen LogP contribution in [0.2, 0.25) is 0 Å². The van der Waals surface area contributed by atoms with Crippen molar-refractivity contribution in [1.29, 1.82) is 5.26 Å². The summed E-state index contributed by atoms with van der Waals surface area (Å²) in [5.41, 5.74) is 2.20. The van der Waals surface area contributed by atoms with Gasteiger partial charge in [0.15, 0.2) is 0 Å². The Balaban J connectivity index is 1.34. The average molecular weight is 382 g/mol. The molecule has 0 aromatic heterocycles. The molecular weight excluding hydrogens is 345 g/mol. The quantitative estimate of drug-likeness (QED) is 0.334. The summed E-state index contributed by atoms with van der Waals surface area (Å²) in [7, 11) is 0. The van der Waals surface area contributed by atoms with E-state index < -0.39 is 0 Å². The molecule has 0 aliphatic heterocycles. The maximum atomic E-state index is 12.1. The number of hydrogen-bond acceptors (Lipinski definition) is 1. The first kappa shape index (κ1) is 21.1. The van der Waals surface area contributed by atoms with Crippen LogP contribution >= 0.6 is 0 Å². The van der Waals surface area contributed by atoms with Crippen molar-refractivity contribution < 1.29 is 4.39 Å². The van der Waals surface area contributed by atoms with Crippen LogP contribution in [0, 0.1) is 29.1 Å². The van der Waals surface area contributed by atoms with Gasteiger partial charge >= 0.3 is 0 Å². The number of halogens is 1. The van der Waals surface area contributed by atoms with Crippen LogP contribution in [-0.2, 0) is 0 Å². The Bertz CT molecular complexity index is 625. The van der Waals surface area contributed by atoms with E-state index in [0.717, 1.165) is 29.7 Å². The van der Waals surface area contributed by atoms with E-state index in [1.807, 2.05) is 12.1 Å². The number of nitriles is 1. The summed E-state index contributed by atoms with van der Waals surface area (Å²) < 4.78 is 12.1. The first-order valence-electron chi connectivity index (χ1n) is 11.5. The van der Waals surface area contributed by atoms with Gasteiger partial charge in [-0.25, -0.2) is 0 Å². The third kappa shape index (κ3) is 6.20. The molecule has 1 aromatic rings. The van der Waals surface area contributed by atoms with Gasteiger partial charge in [0, 0.05) is 0 Å². The highest BCUT2D eigenvalue weighted by molar-refractivity contribution is 5.33. The molecule has 2 heteroatoms. The van der Waals surface area contributed by atoms with Crippen molar-refractivity contribution in [2.24, 2.45) is 17.8 Å². The van der Waals surface area contributed by atoms with E-state index in [-0.39, 0.29) is 6.67 Å². The molecule has 28 heavy (non-hydrogen) atoms. The fraction of sp³-hybridized carbons (Fsp3) is 0.654. The molecular formula is C26H36FN. The monoisotopic (exact) mass is 381 g/mol. The molecule has 0 atom stereocenters. The van der Waals surface area contributed by atoms with Crippen LogP contribution in [0.15, 0.2) is 36.4 Å². The smallest absolute Gasteiger partial charge is 0.0991 e. The van der Waals surface area contributed by atoms with Crippen LogP contribution in [0.3, 0.4) is 0 Å². The Morgan fingerprint density at radius 2 is 1.46 bits per heavy atom. The summed E-state index contributed by atoms with van der Waals surface area (Å²) >= 11 is 0. The van der Waals surface area contributed by atoms with Gasteiger partial charge in [0.05, 0.1) is 18.3 Å². The summed E-state index contributed by atoms with van der Waals surface area (Å²) in [6.45, 7) is -0.191. The molecule has 0 heterocycles. The lowest BCUT2D eigenvalue weighted by atomic mass is 9.68. The lowest BCUT2D eigenvalue weighted by Crippen LogP contribution is -2.25. The molecule has 0 amide bonds. The van der Waals surface area contributed by atoms with Crippen molar-refractivity contribution in [2.45, 2.75) is 83.0 Å². The molecule has 1 aromatic carbocycles. The average Bonchev–Trinajstić information content (AvgIpc) is 2.77. The number of allylic oxidation sites excluding steroid dienone is 2.